The van der Waals surface area contributed by atoms with Gasteiger partial charge < -0.3 is 15.0 Å². The van der Waals surface area contributed by atoms with Gasteiger partial charge in [-0.1, -0.05) is 18.2 Å². The van der Waals surface area contributed by atoms with E-state index in [4.69, 9.17) is 4.74 Å². The molecule has 5 rings (SSSR count). The monoisotopic (exact) mass is 480 g/mol. The lowest BCUT2D eigenvalue weighted by Crippen LogP contribution is -2.45. The molecule has 3 aromatic rings. The quantitative estimate of drug-likeness (QED) is 0.602. The van der Waals surface area contributed by atoms with Gasteiger partial charge in [-0.15, -0.1) is 4.40 Å². The number of ether oxygens (including phenoxy) is 1. The lowest BCUT2D eigenvalue weighted by molar-refractivity contribution is -0.124. The highest BCUT2D eigenvalue weighted by atomic mass is 32.2. The number of amidine groups is 1. The van der Waals surface area contributed by atoms with Crippen LogP contribution in [0.4, 0.5) is 4.39 Å². The van der Waals surface area contributed by atoms with Crippen molar-refractivity contribution < 1.29 is 22.3 Å². The predicted octanol–water partition coefficient (Wildman–Crippen LogP) is 3.24. The molecule has 1 N–H and O–H groups in total. The van der Waals surface area contributed by atoms with E-state index in [0.29, 0.717) is 35.7 Å². The molecule has 1 atom stereocenters. The average molecular weight is 481 g/mol. The minimum Gasteiger partial charge on any atom is -0.453 e. The molecule has 3 heterocycles. The van der Waals surface area contributed by atoms with Crippen molar-refractivity contribution in [3.8, 4) is 11.5 Å². The molecule has 2 aliphatic rings. The summed E-state index contributed by atoms with van der Waals surface area (Å²) in [5, 5.41) is 2.83. The Balaban J connectivity index is 1.26. The van der Waals surface area contributed by atoms with Gasteiger partial charge in [-0.05, 0) is 54.8 Å². The first-order valence-corrected chi connectivity index (χ1v) is 12.2. The van der Waals surface area contributed by atoms with Crippen LogP contribution in [-0.4, -0.2) is 42.6 Å². The largest absolute Gasteiger partial charge is 0.453 e. The highest BCUT2D eigenvalue weighted by Crippen LogP contribution is 2.31. The third-order valence-corrected chi connectivity index (χ3v) is 7.09. The first-order chi connectivity index (χ1) is 16.4. The smallest absolute Gasteiger partial charge is 0.285 e. The molecule has 0 bridgehead atoms. The Morgan fingerprint density at radius 2 is 2.03 bits per heavy atom. The van der Waals surface area contributed by atoms with E-state index in [0.717, 1.165) is 6.42 Å². The molecule has 2 aliphatic heterocycles. The Morgan fingerprint density at radius 1 is 1.18 bits per heavy atom. The summed E-state index contributed by atoms with van der Waals surface area (Å²) < 4.78 is 48.8. The number of amides is 1. The first-order valence-electron chi connectivity index (χ1n) is 10.8. The zero-order chi connectivity index (χ0) is 23.7. The van der Waals surface area contributed by atoms with Crippen molar-refractivity contribution in [2.45, 2.75) is 30.3 Å². The van der Waals surface area contributed by atoms with Crippen LogP contribution in [0.5, 0.6) is 11.5 Å². The minimum atomic E-state index is -3.77. The number of rotatable bonds is 5. The number of nitrogens with one attached hydrogen (secondary N) is 1. The molecule has 0 spiro atoms. The molecule has 8 nitrogen and oxygen atoms in total. The summed E-state index contributed by atoms with van der Waals surface area (Å²) in [5.41, 5.74) is 1.08. The Labute approximate surface area is 196 Å². The Kier molecular flexibility index (Phi) is 5.74. The van der Waals surface area contributed by atoms with Crippen molar-refractivity contribution in [2.24, 2.45) is 4.40 Å². The topological polar surface area (TPSA) is 101 Å². The van der Waals surface area contributed by atoms with E-state index in [1.165, 1.54) is 24.4 Å². The Morgan fingerprint density at radius 3 is 2.82 bits per heavy atom. The third kappa shape index (κ3) is 4.24. The predicted molar refractivity (Wildman–Crippen MR) is 122 cm³/mol. The highest BCUT2D eigenvalue weighted by Gasteiger charge is 2.39. The first kappa shape index (κ1) is 22.0. The van der Waals surface area contributed by atoms with E-state index in [2.05, 4.69) is 14.7 Å². The average Bonchev–Trinajstić information content (AvgIpc) is 3.43. The number of carbonyl (C=O) groups excluding carboxylic acids is 1. The molecule has 0 aliphatic carbocycles. The maximum Gasteiger partial charge on any atom is 0.285 e. The third-order valence-electron chi connectivity index (χ3n) is 5.77. The van der Waals surface area contributed by atoms with E-state index < -0.39 is 21.9 Å². The summed E-state index contributed by atoms with van der Waals surface area (Å²) in [5.74, 6) is -0.0409. The summed E-state index contributed by atoms with van der Waals surface area (Å²) in [6.07, 6.45) is 4.38. The molecular formula is C24H21FN4O4S. The number of nitrogens with zero attached hydrogens (tertiary/aromatic N) is 3. The molecule has 34 heavy (non-hydrogen) atoms. The van der Waals surface area contributed by atoms with E-state index in [9.17, 15) is 17.6 Å². The van der Waals surface area contributed by atoms with Crippen molar-refractivity contribution in [3.63, 3.8) is 0 Å². The van der Waals surface area contributed by atoms with Crippen LogP contribution in [0.25, 0.3) is 0 Å². The molecule has 174 valence electrons. The molecule has 1 aromatic heterocycles. The van der Waals surface area contributed by atoms with Gasteiger partial charge in [0.2, 0.25) is 5.91 Å². The van der Waals surface area contributed by atoms with Gasteiger partial charge in [0.1, 0.15) is 16.7 Å². The summed E-state index contributed by atoms with van der Waals surface area (Å²) in [6.45, 7) is 0.643. The van der Waals surface area contributed by atoms with Crippen molar-refractivity contribution in [1.82, 2.24) is 15.2 Å². The fraction of sp³-hybridized carbons (Fsp3) is 0.208. The Bertz CT molecular complexity index is 1380. The lowest BCUT2D eigenvalue weighted by Gasteiger charge is -2.25. The van der Waals surface area contributed by atoms with Gasteiger partial charge in [0.05, 0.1) is 6.20 Å². The van der Waals surface area contributed by atoms with E-state index >= 15 is 0 Å². The number of hydrogen-bond acceptors (Lipinski definition) is 6. The van der Waals surface area contributed by atoms with Crippen LogP contribution in [-0.2, 0) is 21.4 Å². The Hall–Kier alpha value is -3.79. The molecule has 1 fully saturated rings. The minimum absolute atomic E-state index is 0.0594. The summed E-state index contributed by atoms with van der Waals surface area (Å²) in [6, 6.07) is 13.9. The standard InChI is InChI=1S/C24H21FN4O4S/c25-19-13-16(9-10-21(19)33-17-5-3-11-26-15-17)14-27-24(30)20-7-4-12-29(20)23-18-6-1-2-8-22(18)34(31,32)28-23/h1-3,5-6,8-11,13,15,20H,4,7,12,14H2,(H,27,30)/t20-/m0/s1. The van der Waals surface area contributed by atoms with Crippen molar-refractivity contribution in [2.75, 3.05) is 6.54 Å². The molecule has 0 radical (unpaired) electrons. The van der Waals surface area contributed by atoms with Gasteiger partial charge in [-0.25, -0.2) is 4.39 Å². The summed E-state index contributed by atoms with van der Waals surface area (Å²) in [4.78, 5) is 18.8. The van der Waals surface area contributed by atoms with Gasteiger partial charge in [-0.2, -0.15) is 8.42 Å². The molecule has 1 saturated heterocycles. The van der Waals surface area contributed by atoms with Crippen LogP contribution in [0.3, 0.4) is 0 Å². The van der Waals surface area contributed by atoms with Crippen molar-refractivity contribution >= 4 is 21.8 Å². The van der Waals surface area contributed by atoms with Gasteiger partial charge in [0.15, 0.2) is 17.4 Å². The van der Waals surface area contributed by atoms with Gasteiger partial charge in [0.25, 0.3) is 10.0 Å². The van der Waals surface area contributed by atoms with Crippen LogP contribution in [0.15, 0.2) is 76.3 Å². The number of carbonyl (C=O) groups is 1. The number of hydrogen-bond donors (Lipinski definition) is 1. The fourth-order valence-electron chi connectivity index (χ4n) is 4.17. The van der Waals surface area contributed by atoms with Crippen LogP contribution in [0.2, 0.25) is 0 Å². The molecule has 0 saturated carbocycles. The zero-order valence-corrected chi connectivity index (χ0v) is 18.8. The summed E-state index contributed by atoms with van der Waals surface area (Å²) in [7, 11) is -3.77. The number of sulfonamides is 1. The number of pyridine rings is 1. The van der Waals surface area contributed by atoms with Crippen LogP contribution in [0, 0.1) is 5.82 Å². The van der Waals surface area contributed by atoms with Crippen molar-refractivity contribution in [3.05, 3.63) is 83.9 Å². The number of benzene rings is 2. The highest BCUT2D eigenvalue weighted by molar-refractivity contribution is 7.90. The second-order valence-electron chi connectivity index (χ2n) is 8.01. The number of fused-ring (bicyclic) bond motifs is 1. The second kappa shape index (κ2) is 8.86. The zero-order valence-electron chi connectivity index (χ0n) is 18.0. The number of aromatic nitrogens is 1. The molecular weight excluding hydrogens is 459 g/mol. The number of halogens is 1. The van der Waals surface area contributed by atoms with Crippen molar-refractivity contribution in [1.29, 1.82) is 0 Å². The maximum absolute atomic E-state index is 14.5. The second-order valence-corrected chi connectivity index (χ2v) is 9.58. The van der Waals surface area contributed by atoms with E-state index in [1.807, 2.05) is 0 Å². The van der Waals surface area contributed by atoms with E-state index in [-0.39, 0.29) is 23.1 Å². The molecule has 1 amide bonds. The van der Waals surface area contributed by atoms with Crippen LogP contribution < -0.4 is 10.1 Å². The molecule has 2 aromatic carbocycles. The van der Waals surface area contributed by atoms with E-state index in [1.54, 1.807) is 47.5 Å². The fourth-order valence-corrected chi connectivity index (χ4v) is 5.38. The molecule has 0 unspecified atom stereocenters. The van der Waals surface area contributed by atoms with Gasteiger partial charge in [0, 0.05) is 24.8 Å². The number of likely N-dealkylation sites (tertiary alicyclic amines) is 1. The van der Waals surface area contributed by atoms with Crippen LogP contribution in [0.1, 0.15) is 24.0 Å². The summed E-state index contributed by atoms with van der Waals surface area (Å²) >= 11 is 0. The van der Waals surface area contributed by atoms with Gasteiger partial charge in [-0.3, -0.25) is 9.78 Å². The van der Waals surface area contributed by atoms with Crippen LogP contribution >= 0.6 is 0 Å². The van der Waals surface area contributed by atoms with Gasteiger partial charge >= 0.3 is 0 Å². The maximum atomic E-state index is 14.5. The lowest BCUT2D eigenvalue weighted by atomic mass is 10.1. The SMILES string of the molecule is O=C(NCc1ccc(Oc2cccnc2)c(F)c1)[C@@H]1CCCN1C1=NS(=O)(=O)c2ccccc21. The normalized spacial score (nSPS) is 18.3. The molecule has 10 heteroatoms.